The van der Waals surface area contributed by atoms with Crippen LogP contribution in [0.25, 0.3) is 0 Å². The average Bonchev–Trinajstić information content (AvgIpc) is 2.99. The molecule has 0 aliphatic carbocycles. The van der Waals surface area contributed by atoms with Gasteiger partial charge in [0.1, 0.15) is 0 Å². The monoisotopic (exact) mass is 331 g/mol. The van der Waals surface area contributed by atoms with Gasteiger partial charge in [-0.1, -0.05) is 6.07 Å². The van der Waals surface area contributed by atoms with E-state index in [4.69, 9.17) is 0 Å². The number of anilines is 1. The second-order valence-electron chi connectivity index (χ2n) is 5.55. The molecule has 1 N–H and O–H groups in total. The number of nitro benzene ring substituents is 1. The Hall–Kier alpha value is -2.25. The maximum Gasteiger partial charge on any atom is 0.271 e. The lowest BCUT2D eigenvalue weighted by atomic mass is 10.0. The molecule has 2 aromatic rings. The molecular weight excluding hydrogens is 314 g/mol. The van der Waals surface area contributed by atoms with Gasteiger partial charge in [-0.15, -0.1) is 11.3 Å². The van der Waals surface area contributed by atoms with Crippen molar-refractivity contribution in [1.82, 2.24) is 4.90 Å². The molecule has 0 saturated heterocycles. The second-order valence-corrected chi connectivity index (χ2v) is 6.55. The van der Waals surface area contributed by atoms with Crippen LogP contribution < -0.4 is 5.32 Å². The Kier molecular flexibility index (Phi) is 4.40. The lowest BCUT2D eigenvalue weighted by Crippen LogP contribution is -2.39. The van der Waals surface area contributed by atoms with Crippen molar-refractivity contribution in [2.45, 2.75) is 19.4 Å². The van der Waals surface area contributed by atoms with Gasteiger partial charge >= 0.3 is 0 Å². The highest BCUT2D eigenvalue weighted by molar-refractivity contribution is 7.10. The van der Waals surface area contributed by atoms with Crippen LogP contribution in [-0.2, 0) is 11.2 Å². The summed E-state index contributed by atoms with van der Waals surface area (Å²) in [5.41, 5.74) is 1.71. The highest BCUT2D eigenvalue weighted by Gasteiger charge is 2.26. The van der Waals surface area contributed by atoms with Crippen molar-refractivity contribution in [1.29, 1.82) is 0 Å². The van der Waals surface area contributed by atoms with Gasteiger partial charge < -0.3 is 5.32 Å². The number of carbonyl (C=O) groups is 1. The van der Waals surface area contributed by atoms with Crippen LogP contribution in [0.5, 0.6) is 0 Å². The number of nitrogens with one attached hydrogen (secondary N) is 1. The summed E-state index contributed by atoms with van der Waals surface area (Å²) in [7, 11) is 0. The van der Waals surface area contributed by atoms with Crippen molar-refractivity contribution in [2.75, 3.05) is 18.4 Å². The third-order valence-electron chi connectivity index (χ3n) is 4.09. The van der Waals surface area contributed by atoms with E-state index in [1.807, 2.05) is 0 Å². The topological polar surface area (TPSA) is 75.5 Å². The van der Waals surface area contributed by atoms with Crippen molar-refractivity contribution >= 4 is 28.6 Å². The van der Waals surface area contributed by atoms with Gasteiger partial charge in [-0.2, -0.15) is 0 Å². The molecule has 3 rings (SSSR count). The molecule has 0 bridgehead atoms. The normalized spacial score (nSPS) is 17.5. The highest BCUT2D eigenvalue weighted by Crippen LogP contribution is 2.32. The maximum atomic E-state index is 12.2. The van der Waals surface area contributed by atoms with Gasteiger partial charge in [-0.25, -0.2) is 0 Å². The van der Waals surface area contributed by atoms with Gasteiger partial charge in [0.2, 0.25) is 5.91 Å². The first-order chi connectivity index (χ1) is 11.0. The minimum atomic E-state index is -0.472. The lowest BCUT2D eigenvalue weighted by Gasteiger charge is -2.32. The summed E-state index contributed by atoms with van der Waals surface area (Å²) in [4.78, 5) is 26.1. The molecule has 1 aromatic heterocycles. The summed E-state index contributed by atoms with van der Waals surface area (Å²) >= 11 is 1.77. The number of nitro groups is 1. The quantitative estimate of drug-likeness (QED) is 0.689. The van der Waals surface area contributed by atoms with Gasteiger partial charge in [-0.05, 0) is 36.4 Å². The van der Waals surface area contributed by atoms with E-state index in [0.29, 0.717) is 5.69 Å². The van der Waals surface area contributed by atoms with E-state index in [1.165, 1.54) is 22.6 Å². The summed E-state index contributed by atoms with van der Waals surface area (Å²) in [6, 6.07) is 8.32. The van der Waals surface area contributed by atoms with Crippen LogP contribution in [0.3, 0.4) is 0 Å². The number of amides is 1. The zero-order chi connectivity index (χ0) is 16.4. The van der Waals surface area contributed by atoms with Gasteiger partial charge in [0.15, 0.2) is 0 Å². The zero-order valence-corrected chi connectivity index (χ0v) is 13.5. The SMILES string of the molecule is C[C@@H]1c2ccsc2CCN1CC(=O)Nc1cccc([N+](=O)[O-])c1. The molecule has 0 unspecified atom stereocenters. The molecule has 1 atom stereocenters. The first-order valence-corrected chi connectivity index (χ1v) is 8.27. The van der Waals surface area contributed by atoms with Gasteiger partial charge in [0, 0.05) is 35.3 Å². The van der Waals surface area contributed by atoms with Gasteiger partial charge in [-0.3, -0.25) is 19.8 Å². The third kappa shape index (κ3) is 3.40. The van der Waals surface area contributed by atoms with E-state index >= 15 is 0 Å². The Labute approximate surface area is 137 Å². The van der Waals surface area contributed by atoms with Crippen molar-refractivity contribution in [2.24, 2.45) is 0 Å². The van der Waals surface area contributed by atoms with Crippen LogP contribution >= 0.6 is 11.3 Å². The summed E-state index contributed by atoms with van der Waals surface area (Å²) in [5.74, 6) is -0.156. The summed E-state index contributed by atoms with van der Waals surface area (Å²) < 4.78 is 0. The number of fused-ring (bicyclic) bond motifs is 1. The molecule has 1 aliphatic heterocycles. The van der Waals surface area contributed by atoms with Crippen LogP contribution in [0.1, 0.15) is 23.4 Å². The van der Waals surface area contributed by atoms with Crippen molar-refractivity contribution in [3.63, 3.8) is 0 Å². The van der Waals surface area contributed by atoms with Crippen LogP contribution in [0.2, 0.25) is 0 Å². The first kappa shape index (κ1) is 15.6. The van der Waals surface area contributed by atoms with E-state index in [9.17, 15) is 14.9 Å². The summed E-state index contributed by atoms with van der Waals surface area (Å²) in [5, 5.41) is 15.6. The molecule has 1 amide bonds. The van der Waals surface area contributed by atoms with E-state index in [0.717, 1.165) is 13.0 Å². The Morgan fingerprint density at radius 3 is 3.09 bits per heavy atom. The summed E-state index contributed by atoms with van der Waals surface area (Å²) in [6.07, 6.45) is 0.960. The number of non-ortho nitro benzene ring substituents is 1. The Bertz CT molecular complexity index is 744. The molecule has 0 spiro atoms. The molecule has 23 heavy (non-hydrogen) atoms. The van der Waals surface area contributed by atoms with Crippen LogP contribution in [0.4, 0.5) is 11.4 Å². The lowest BCUT2D eigenvalue weighted by molar-refractivity contribution is -0.384. The molecule has 120 valence electrons. The second kappa shape index (κ2) is 6.47. The van der Waals surface area contributed by atoms with Gasteiger partial charge in [0.25, 0.3) is 5.69 Å². The van der Waals surface area contributed by atoms with Gasteiger partial charge in [0.05, 0.1) is 11.5 Å². The molecule has 0 fully saturated rings. The molecule has 0 saturated carbocycles. The highest BCUT2D eigenvalue weighted by atomic mass is 32.1. The van der Waals surface area contributed by atoms with Crippen molar-refractivity contribution < 1.29 is 9.72 Å². The minimum Gasteiger partial charge on any atom is -0.325 e. The van der Waals surface area contributed by atoms with Crippen molar-refractivity contribution in [3.05, 3.63) is 56.3 Å². The van der Waals surface area contributed by atoms with E-state index in [2.05, 4.69) is 28.6 Å². The van der Waals surface area contributed by atoms with Crippen molar-refractivity contribution in [3.8, 4) is 0 Å². The van der Waals surface area contributed by atoms with Crippen LogP contribution in [0, 0.1) is 10.1 Å². The Balaban J connectivity index is 1.64. The van der Waals surface area contributed by atoms with Crippen LogP contribution in [0.15, 0.2) is 35.7 Å². The number of nitrogens with zero attached hydrogens (tertiary/aromatic N) is 2. The predicted octanol–water partition coefficient (Wildman–Crippen LogP) is 3.21. The number of carbonyl (C=O) groups excluding carboxylic acids is 1. The van der Waals surface area contributed by atoms with E-state index < -0.39 is 4.92 Å². The molecule has 1 aromatic carbocycles. The van der Waals surface area contributed by atoms with E-state index in [1.54, 1.807) is 23.5 Å². The number of hydrogen-bond acceptors (Lipinski definition) is 5. The predicted molar refractivity (Wildman–Crippen MR) is 89.7 cm³/mol. The molecule has 7 heteroatoms. The molecule has 1 aliphatic rings. The fraction of sp³-hybridized carbons (Fsp3) is 0.312. The number of rotatable bonds is 4. The number of benzene rings is 1. The largest absolute Gasteiger partial charge is 0.325 e. The molecule has 0 radical (unpaired) electrons. The smallest absolute Gasteiger partial charge is 0.271 e. The van der Waals surface area contributed by atoms with E-state index in [-0.39, 0.29) is 24.2 Å². The maximum absolute atomic E-state index is 12.2. The number of hydrogen-bond donors (Lipinski definition) is 1. The van der Waals surface area contributed by atoms with Crippen LogP contribution in [-0.4, -0.2) is 28.8 Å². The fourth-order valence-corrected chi connectivity index (χ4v) is 3.82. The number of thiophene rings is 1. The first-order valence-electron chi connectivity index (χ1n) is 7.39. The molecular formula is C16H17N3O3S. The summed E-state index contributed by atoms with van der Waals surface area (Å²) in [6.45, 7) is 3.22. The Morgan fingerprint density at radius 2 is 2.30 bits per heavy atom. The third-order valence-corrected chi connectivity index (χ3v) is 5.09. The Morgan fingerprint density at radius 1 is 1.48 bits per heavy atom. The standard InChI is InChI=1S/C16H17N3O3S/c1-11-14-6-8-23-15(14)5-7-18(11)10-16(20)17-12-3-2-4-13(9-12)19(21)22/h2-4,6,8-9,11H,5,7,10H2,1H3,(H,17,20)/t11-/m1/s1. The zero-order valence-electron chi connectivity index (χ0n) is 12.7. The minimum absolute atomic E-state index is 0.0305. The molecule has 2 heterocycles. The average molecular weight is 331 g/mol. The fourth-order valence-electron chi connectivity index (χ4n) is 2.86. The molecule has 6 nitrogen and oxygen atoms in total.